The Bertz CT molecular complexity index is 1430. The molecule has 9 heteroatoms. The molecule has 5 rings (SSSR count). The van der Waals surface area contributed by atoms with Crippen molar-refractivity contribution in [2.24, 2.45) is 11.8 Å². The van der Waals surface area contributed by atoms with E-state index in [1.165, 1.54) is 17.3 Å². The number of rotatable bonds is 8. The van der Waals surface area contributed by atoms with Crippen LogP contribution in [0.15, 0.2) is 45.8 Å². The van der Waals surface area contributed by atoms with E-state index >= 15 is 0 Å². The Morgan fingerprint density at radius 2 is 2.05 bits per heavy atom. The normalized spacial score (nSPS) is 19.4. The van der Waals surface area contributed by atoms with Gasteiger partial charge < -0.3 is 9.73 Å². The highest BCUT2D eigenvalue weighted by molar-refractivity contribution is 7.91. The molecule has 2 aliphatic rings. The van der Waals surface area contributed by atoms with E-state index in [2.05, 4.69) is 40.1 Å². The zero-order chi connectivity index (χ0) is 27.0. The van der Waals surface area contributed by atoms with Gasteiger partial charge in [-0.05, 0) is 60.1 Å². The minimum atomic E-state index is -3.29. The summed E-state index contributed by atoms with van der Waals surface area (Å²) in [7, 11) is -3.29. The molecule has 3 aromatic rings. The summed E-state index contributed by atoms with van der Waals surface area (Å²) in [6.07, 6.45) is 4.37. The Balaban J connectivity index is 1.24. The van der Waals surface area contributed by atoms with Crippen molar-refractivity contribution in [3.63, 3.8) is 0 Å². The monoisotopic (exact) mass is 536 g/mol. The zero-order valence-corrected chi connectivity index (χ0v) is 23.3. The van der Waals surface area contributed by atoms with Gasteiger partial charge in [-0.2, -0.15) is 0 Å². The van der Waals surface area contributed by atoms with Crippen LogP contribution in [-0.4, -0.2) is 41.5 Å². The number of amides is 1. The average molecular weight is 537 g/mol. The molecule has 1 N–H and O–H groups in total. The lowest BCUT2D eigenvalue weighted by Crippen LogP contribution is -2.33. The van der Waals surface area contributed by atoms with Gasteiger partial charge >= 0.3 is 0 Å². The van der Waals surface area contributed by atoms with Crippen molar-refractivity contribution >= 4 is 15.7 Å². The van der Waals surface area contributed by atoms with Gasteiger partial charge in [-0.3, -0.25) is 14.7 Å². The van der Waals surface area contributed by atoms with Crippen molar-refractivity contribution in [2.45, 2.75) is 71.0 Å². The first-order valence-corrected chi connectivity index (χ1v) is 15.1. The largest absolute Gasteiger partial charge is 0.446 e. The van der Waals surface area contributed by atoms with Crippen LogP contribution in [0.2, 0.25) is 0 Å². The van der Waals surface area contributed by atoms with Crippen LogP contribution in [0.3, 0.4) is 0 Å². The molecule has 1 amide bonds. The Hall–Kier alpha value is -3.04. The maximum atomic E-state index is 13.0. The van der Waals surface area contributed by atoms with Gasteiger partial charge in [0.25, 0.3) is 5.91 Å². The Labute approximate surface area is 224 Å². The second kappa shape index (κ2) is 10.6. The Morgan fingerprint density at radius 3 is 2.76 bits per heavy atom. The second-order valence-corrected chi connectivity index (χ2v) is 13.1. The molecule has 2 atom stereocenters. The maximum absolute atomic E-state index is 13.0. The number of fused-ring (bicyclic) bond motifs is 2. The predicted octanol–water partition coefficient (Wildman–Crippen LogP) is 4.42. The van der Waals surface area contributed by atoms with Crippen molar-refractivity contribution < 1.29 is 17.6 Å². The van der Waals surface area contributed by atoms with E-state index in [4.69, 9.17) is 4.42 Å². The van der Waals surface area contributed by atoms with Crippen molar-refractivity contribution in [2.75, 3.05) is 12.3 Å². The first-order valence-electron chi connectivity index (χ1n) is 13.4. The molecule has 1 aromatic carbocycles. The fraction of sp³-hybridized carbons (Fsp3) is 0.483. The molecular weight excluding hydrogens is 500 g/mol. The number of nitrogens with one attached hydrogen (secondary N) is 1. The number of aromatic nitrogens is 2. The first kappa shape index (κ1) is 26.6. The van der Waals surface area contributed by atoms with E-state index in [1.807, 2.05) is 19.1 Å². The highest BCUT2D eigenvalue weighted by Gasteiger charge is 2.35. The molecule has 0 radical (unpaired) electrons. The standard InChI is InChI=1S/C29H36N4O4S/c1-5-38(35,36)24-9-8-23(30-15-24)14-31-29(34)21-7-10-25-22(13-21)17-33(28(25)18(2)3)16-20-6-11-26-27(12-20)37-19(4)32-26/h7-10,13,15,18,20,28H,5-6,11-12,14,16-17H2,1-4H3,(H,31,34)/t20-,28+/m0/s1. The smallest absolute Gasteiger partial charge is 0.251 e. The molecule has 0 saturated carbocycles. The molecule has 0 spiro atoms. The first-order chi connectivity index (χ1) is 18.1. The summed E-state index contributed by atoms with van der Waals surface area (Å²) < 4.78 is 29.8. The van der Waals surface area contributed by atoms with E-state index in [0.29, 0.717) is 29.1 Å². The summed E-state index contributed by atoms with van der Waals surface area (Å²) in [6, 6.07) is 9.54. The number of oxazole rings is 1. The van der Waals surface area contributed by atoms with Crippen molar-refractivity contribution in [3.8, 4) is 0 Å². The summed E-state index contributed by atoms with van der Waals surface area (Å²) in [5, 5.41) is 2.92. The fourth-order valence-electron chi connectivity index (χ4n) is 5.84. The van der Waals surface area contributed by atoms with E-state index < -0.39 is 9.84 Å². The predicted molar refractivity (Wildman–Crippen MR) is 144 cm³/mol. The van der Waals surface area contributed by atoms with Gasteiger partial charge in [-0.15, -0.1) is 0 Å². The van der Waals surface area contributed by atoms with Crippen LogP contribution in [0.25, 0.3) is 0 Å². The summed E-state index contributed by atoms with van der Waals surface area (Å²) in [5.41, 5.74) is 4.86. The Kier molecular flexibility index (Phi) is 7.42. The number of sulfone groups is 1. The fourth-order valence-corrected chi connectivity index (χ4v) is 6.67. The zero-order valence-electron chi connectivity index (χ0n) is 22.5. The number of hydrogen-bond acceptors (Lipinski definition) is 7. The summed E-state index contributed by atoms with van der Waals surface area (Å²) in [6.45, 7) is 10.1. The topological polar surface area (TPSA) is 105 Å². The van der Waals surface area contributed by atoms with Gasteiger partial charge in [0.15, 0.2) is 15.7 Å². The van der Waals surface area contributed by atoms with Crippen molar-refractivity contribution in [3.05, 3.63) is 76.3 Å². The number of carbonyl (C=O) groups is 1. The van der Waals surface area contributed by atoms with E-state index in [-0.39, 0.29) is 23.1 Å². The number of carbonyl (C=O) groups excluding carboxylic acids is 1. The van der Waals surface area contributed by atoms with Crippen LogP contribution in [0.1, 0.15) is 77.8 Å². The third-order valence-electron chi connectivity index (χ3n) is 7.73. The molecule has 0 bridgehead atoms. The molecule has 1 aliphatic heterocycles. The molecule has 8 nitrogen and oxygen atoms in total. The molecule has 0 saturated heterocycles. The van der Waals surface area contributed by atoms with Crippen LogP contribution < -0.4 is 5.32 Å². The molecule has 0 fully saturated rings. The lowest BCUT2D eigenvalue weighted by atomic mass is 9.89. The highest BCUT2D eigenvalue weighted by atomic mass is 32.2. The third kappa shape index (κ3) is 5.40. The quantitative estimate of drug-likeness (QED) is 0.454. The van der Waals surface area contributed by atoms with Crippen LogP contribution in [0, 0.1) is 18.8 Å². The average Bonchev–Trinajstić information content (AvgIpc) is 3.45. The second-order valence-electron chi connectivity index (χ2n) is 10.8. The third-order valence-corrected chi connectivity index (χ3v) is 9.45. The van der Waals surface area contributed by atoms with Crippen molar-refractivity contribution in [1.82, 2.24) is 20.2 Å². The van der Waals surface area contributed by atoms with Gasteiger partial charge in [0.05, 0.1) is 28.6 Å². The summed E-state index contributed by atoms with van der Waals surface area (Å²) >= 11 is 0. The SMILES string of the molecule is CCS(=O)(=O)c1ccc(CNC(=O)c2ccc3c(c2)CN(C[C@H]2CCc4nc(C)oc4C2)[C@@H]3C(C)C)nc1. The van der Waals surface area contributed by atoms with Gasteiger partial charge in [0.1, 0.15) is 5.76 Å². The number of nitrogens with zero attached hydrogens (tertiary/aromatic N) is 3. The number of aryl methyl sites for hydroxylation is 2. The molecule has 1 aliphatic carbocycles. The number of hydrogen-bond donors (Lipinski definition) is 1. The van der Waals surface area contributed by atoms with E-state index in [0.717, 1.165) is 49.7 Å². The molecular formula is C29H36N4O4S. The number of benzene rings is 1. The molecule has 2 aromatic heterocycles. The van der Waals surface area contributed by atoms with Gasteiger partial charge in [0.2, 0.25) is 0 Å². The summed E-state index contributed by atoms with van der Waals surface area (Å²) in [5.74, 6) is 2.65. The lowest BCUT2D eigenvalue weighted by molar-refractivity contribution is 0.0950. The molecule has 0 unspecified atom stereocenters. The molecule has 38 heavy (non-hydrogen) atoms. The molecule has 202 valence electrons. The van der Waals surface area contributed by atoms with Crippen LogP contribution in [0.5, 0.6) is 0 Å². The lowest BCUT2D eigenvalue weighted by Gasteiger charge is -2.32. The Morgan fingerprint density at radius 1 is 1.24 bits per heavy atom. The minimum absolute atomic E-state index is 0.0287. The van der Waals surface area contributed by atoms with E-state index in [9.17, 15) is 13.2 Å². The van der Waals surface area contributed by atoms with Crippen molar-refractivity contribution in [1.29, 1.82) is 0 Å². The van der Waals surface area contributed by atoms with Crippen LogP contribution in [-0.2, 0) is 35.8 Å². The highest BCUT2D eigenvalue weighted by Crippen LogP contribution is 2.40. The maximum Gasteiger partial charge on any atom is 0.251 e. The van der Waals surface area contributed by atoms with Crippen LogP contribution in [0.4, 0.5) is 0 Å². The van der Waals surface area contributed by atoms with Gasteiger partial charge in [-0.1, -0.05) is 26.8 Å². The summed E-state index contributed by atoms with van der Waals surface area (Å²) in [4.78, 5) is 24.5. The van der Waals surface area contributed by atoms with E-state index in [1.54, 1.807) is 19.1 Å². The van der Waals surface area contributed by atoms with Gasteiger partial charge in [0, 0.05) is 44.2 Å². The molecule has 3 heterocycles. The van der Waals surface area contributed by atoms with Gasteiger partial charge in [-0.25, -0.2) is 13.4 Å². The number of pyridine rings is 1. The van der Waals surface area contributed by atoms with Crippen LogP contribution >= 0.6 is 0 Å². The minimum Gasteiger partial charge on any atom is -0.446 e.